The highest BCUT2D eigenvalue weighted by atomic mass is 35.5. The molecule has 0 radical (unpaired) electrons. The highest BCUT2D eigenvalue weighted by molar-refractivity contribution is 7.92. The van der Waals surface area contributed by atoms with E-state index in [1.165, 1.54) is 9.21 Å². The number of nitrogens with zero attached hydrogens (tertiary/aromatic N) is 2. The van der Waals surface area contributed by atoms with Gasteiger partial charge in [0.05, 0.1) is 11.9 Å². The largest absolute Gasteiger partial charge is 0.486 e. The van der Waals surface area contributed by atoms with Crippen LogP contribution in [0.25, 0.3) is 0 Å². The van der Waals surface area contributed by atoms with E-state index in [9.17, 15) is 18.0 Å². The van der Waals surface area contributed by atoms with E-state index in [1.54, 1.807) is 43.3 Å². The molecule has 2 amide bonds. The molecule has 1 heterocycles. The number of carbonyl (C=O) groups is 2. The Labute approximate surface area is 240 Å². The first-order valence-electron chi connectivity index (χ1n) is 12.6. The van der Waals surface area contributed by atoms with Gasteiger partial charge in [-0.05, 0) is 58.4 Å². The zero-order valence-corrected chi connectivity index (χ0v) is 25.1. The standard InChI is InChI=1S/C27H35Cl2N3O6S/c1-18(26(34)30-27(2,3)4)31(17-20-21(28)8-6-9-22(20)29)25(33)10-7-13-32(39(5,35)36)19-11-12-23-24(16-19)38-15-14-37-23/h6,8-9,11-12,16,18H,7,10,13-15,17H2,1-5H3,(H,30,34)/t18-/m1/s1. The average Bonchev–Trinajstić information content (AvgIpc) is 2.84. The molecule has 9 nitrogen and oxygen atoms in total. The molecular weight excluding hydrogens is 565 g/mol. The third kappa shape index (κ3) is 8.40. The van der Waals surface area contributed by atoms with Gasteiger partial charge in [-0.25, -0.2) is 8.42 Å². The molecule has 0 bridgehead atoms. The van der Waals surface area contributed by atoms with Crippen molar-refractivity contribution >= 4 is 50.7 Å². The molecule has 12 heteroatoms. The van der Waals surface area contributed by atoms with Gasteiger partial charge in [-0.15, -0.1) is 0 Å². The van der Waals surface area contributed by atoms with Crippen LogP contribution in [-0.2, 0) is 26.2 Å². The molecular formula is C27H35Cl2N3O6S. The molecule has 2 aromatic carbocycles. The molecule has 0 aromatic heterocycles. The van der Waals surface area contributed by atoms with Crippen molar-refractivity contribution in [1.82, 2.24) is 10.2 Å². The number of sulfonamides is 1. The van der Waals surface area contributed by atoms with E-state index >= 15 is 0 Å². The Morgan fingerprint density at radius 2 is 1.67 bits per heavy atom. The predicted octanol–water partition coefficient (Wildman–Crippen LogP) is 4.64. The number of hydrogen-bond acceptors (Lipinski definition) is 6. The van der Waals surface area contributed by atoms with Crippen LogP contribution in [-0.4, -0.2) is 62.7 Å². The van der Waals surface area contributed by atoms with Crippen LogP contribution in [0.1, 0.15) is 46.1 Å². The van der Waals surface area contributed by atoms with E-state index in [4.69, 9.17) is 32.7 Å². The minimum atomic E-state index is -3.66. The summed E-state index contributed by atoms with van der Waals surface area (Å²) >= 11 is 12.7. The van der Waals surface area contributed by atoms with Gasteiger partial charge in [0.2, 0.25) is 21.8 Å². The fourth-order valence-corrected chi connectivity index (χ4v) is 5.58. The van der Waals surface area contributed by atoms with E-state index in [0.717, 1.165) is 6.26 Å². The van der Waals surface area contributed by atoms with Crippen LogP contribution >= 0.6 is 23.2 Å². The van der Waals surface area contributed by atoms with Crippen LogP contribution in [0.15, 0.2) is 36.4 Å². The Morgan fingerprint density at radius 3 is 2.26 bits per heavy atom. The molecule has 39 heavy (non-hydrogen) atoms. The number of fused-ring (bicyclic) bond motifs is 1. The number of carbonyl (C=O) groups excluding carboxylic acids is 2. The van der Waals surface area contributed by atoms with E-state index in [2.05, 4.69) is 5.32 Å². The number of amides is 2. The molecule has 2 aromatic rings. The molecule has 1 atom stereocenters. The van der Waals surface area contributed by atoms with Gasteiger partial charge in [-0.3, -0.25) is 13.9 Å². The second-order valence-electron chi connectivity index (χ2n) is 10.4. The summed E-state index contributed by atoms with van der Waals surface area (Å²) < 4.78 is 37.6. The number of rotatable bonds is 10. The van der Waals surface area contributed by atoms with Gasteiger partial charge in [0.15, 0.2) is 11.5 Å². The Hall–Kier alpha value is -2.69. The van der Waals surface area contributed by atoms with Crippen molar-refractivity contribution < 1.29 is 27.5 Å². The number of anilines is 1. The molecule has 0 saturated carbocycles. The fourth-order valence-electron chi connectivity index (χ4n) is 4.10. The summed E-state index contributed by atoms with van der Waals surface area (Å²) in [6, 6.07) is 9.13. The van der Waals surface area contributed by atoms with Gasteiger partial charge in [-0.1, -0.05) is 29.3 Å². The number of hydrogen-bond donors (Lipinski definition) is 1. The Bertz CT molecular complexity index is 1290. The highest BCUT2D eigenvalue weighted by Gasteiger charge is 2.30. The highest BCUT2D eigenvalue weighted by Crippen LogP contribution is 2.35. The van der Waals surface area contributed by atoms with Gasteiger partial charge in [0.1, 0.15) is 19.3 Å². The second-order valence-corrected chi connectivity index (χ2v) is 13.1. The van der Waals surface area contributed by atoms with Crippen molar-refractivity contribution in [3.63, 3.8) is 0 Å². The van der Waals surface area contributed by atoms with Gasteiger partial charge in [0.25, 0.3) is 0 Å². The van der Waals surface area contributed by atoms with Crippen LogP contribution in [0.2, 0.25) is 10.0 Å². The minimum absolute atomic E-state index is 0.00815. The summed E-state index contributed by atoms with van der Waals surface area (Å²) in [5, 5.41) is 3.66. The quantitative estimate of drug-likeness (QED) is 0.426. The van der Waals surface area contributed by atoms with E-state index in [0.29, 0.717) is 46.0 Å². The first-order valence-corrected chi connectivity index (χ1v) is 15.2. The van der Waals surface area contributed by atoms with E-state index in [-0.39, 0.29) is 37.7 Å². The molecule has 3 rings (SSSR count). The van der Waals surface area contributed by atoms with Crippen molar-refractivity contribution in [3.8, 4) is 11.5 Å². The molecule has 0 aliphatic carbocycles. The van der Waals surface area contributed by atoms with Gasteiger partial charge >= 0.3 is 0 Å². The zero-order chi connectivity index (χ0) is 29.0. The normalized spacial score (nSPS) is 13.9. The molecule has 0 unspecified atom stereocenters. The van der Waals surface area contributed by atoms with Gasteiger partial charge in [0, 0.05) is 46.7 Å². The predicted molar refractivity (Wildman–Crippen MR) is 153 cm³/mol. The van der Waals surface area contributed by atoms with Gasteiger partial charge < -0.3 is 19.7 Å². The fraction of sp³-hybridized carbons (Fsp3) is 0.481. The molecule has 0 fully saturated rings. The summed E-state index contributed by atoms with van der Waals surface area (Å²) in [7, 11) is -3.66. The lowest BCUT2D eigenvalue weighted by molar-refractivity contribution is -0.141. The minimum Gasteiger partial charge on any atom is -0.486 e. The smallest absolute Gasteiger partial charge is 0.242 e. The SMILES string of the molecule is C[C@H](C(=O)NC(C)(C)C)N(Cc1c(Cl)cccc1Cl)C(=O)CCCN(c1ccc2c(c1)OCCO2)S(C)(=O)=O. The first kappa shape index (κ1) is 30.8. The summed E-state index contributed by atoms with van der Waals surface area (Å²) in [6.45, 7) is 8.07. The van der Waals surface area contributed by atoms with Crippen LogP contribution in [0.4, 0.5) is 5.69 Å². The Morgan fingerprint density at radius 1 is 1.05 bits per heavy atom. The summed E-state index contributed by atoms with van der Waals surface area (Å²) in [5.41, 5.74) is 0.437. The molecule has 214 valence electrons. The molecule has 1 aliphatic rings. The molecule has 0 spiro atoms. The maximum Gasteiger partial charge on any atom is 0.242 e. The maximum absolute atomic E-state index is 13.5. The first-order chi connectivity index (χ1) is 18.2. The average molecular weight is 601 g/mol. The van der Waals surface area contributed by atoms with Crippen molar-refractivity contribution in [2.24, 2.45) is 0 Å². The zero-order valence-electron chi connectivity index (χ0n) is 22.8. The number of halogens is 2. The summed E-state index contributed by atoms with van der Waals surface area (Å²) in [6.07, 6.45) is 1.31. The lowest BCUT2D eigenvalue weighted by Gasteiger charge is -2.32. The lowest BCUT2D eigenvalue weighted by atomic mass is 10.1. The van der Waals surface area contributed by atoms with E-state index in [1.807, 2.05) is 20.8 Å². The van der Waals surface area contributed by atoms with Crippen LogP contribution in [0.5, 0.6) is 11.5 Å². The maximum atomic E-state index is 13.5. The lowest BCUT2D eigenvalue weighted by Crippen LogP contribution is -2.52. The molecule has 1 N–H and O–H groups in total. The van der Waals surface area contributed by atoms with E-state index < -0.39 is 21.6 Å². The van der Waals surface area contributed by atoms with Crippen molar-refractivity contribution in [2.45, 2.75) is 58.7 Å². The van der Waals surface area contributed by atoms with Crippen LogP contribution in [0.3, 0.4) is 0 Å². The third-order valence-corrected chi connectivity index (χ3v) is 7.92. The topological polar surface area (TPSA) is 105 Å². The molecule has 0 saturated heterocycles. The Balaban J connectivity index is 1.79. The van der Waals surface area contributed by atoms with Crippen LogP contribution in [0, 0.1) is 0 Å². The monoisotopic (exact) mass is 599 g/mol. The van der Waals surface area contributed by atoms with Crippen molar-refractivity contribution in [3.05, 3.63) is 52.0 Å². The summed E-state index contributed by atoms with van der Waals surface area (Å²) in [5.74, 6) is 0.348. The van der Waals surface area contributed by atoms with Crippen LogP contribution < -0.4 is 19.1 Å². The van der Waals surface area contributed by atoms with Crippen molar-refractivity contribution in [2.75, 3.05) is 30.3 Å². The van der Waals surface area contributed by atoms with Crippen molar-refractivity contribution in [1.29, 1.82) is 0 Å². The number of nitrogens with one attached hydrogen (secondary N) is 1. The van der Waals surface area contributed by atoms with Gasteiger partial charge in [-0.2, -0.15) is 0 Å². The third-order valence-electron chi connectivity index (χ3n) is 6.02. The number of ether oxygens (including phenoxy) is 2. The second kappa shape index (κ2) is 12.7. The Kier molecular flexibility index (Phi) is 10.0. The molecule has 1 aliphatic heterocycles. The summed E-state index contributed by atoms with van der Waals surface area (Å²) in [4.78, 5) is 27.9. The number of benzene rings is 2.